The van der Waals surface area contributed by atoms with E-state index in [-0.39, 0.29) is 0 Å². The summed E-state index contributed by atoms with van der Waals surface area (Å²) in [4.78, 5) is 27.5. The summed E-state index contributed by atoms with van der Waals surface area (Å²) in [6, 6.07) is 0. The van der Waals surface area contributed by atoms with Crippen molar-refractivity contribution < 1.29 is 50.9 Å². The van der Waals surface area contributed by atoms with Crippen molar-refractivity contribution in [2.45, 2.75) is 51.1 Å². The van der Waals surface area contributed by atoms with Crippen LogP contribution in [0.3, 0.4) is 0 Å². The van der Waals surface area contributed by atoms with Crippen LogP contribution in [0.4, 0.5) is 26.3 Å². The maximum Gasteiger partial charge on any atom is 0.490 e. The average molecular weight is 520 g/mol. The van der Waals surface area contributed by atoms with Crippen LogP contribution in [0.25, 0.3) is 0 Å². The Labute approximate surface area is 198 Å². The fraction of sp³-hybridized carbons (Fsp3) is 0.750. The number of carboxylic acid groups (broad SMARTS) is 2. The van der Waals surface area contributed by atoms with E-state index in [1.54, 1.807) is 7.11 Å². The summed E-state index contributed by atoms with van der Waals surface area (Å²) < 4.78 is 71.1. The molecule has 3 rings (SSSR count). The Balaban J connectivity index is 0.000000362. The van der Waals surface area contributed by atoms with E-state index < -0.39 is 24.3 Å². The lowest BCUT2D eigenvalue weighted by atomic mass is 10.1. The second-order valence-electron chi connectivity index (χ2n) is 7.84. The van der Waals surface area contributed by atoms with Gasteiger partial charge >= 0.3 is 24.3 Å². The van der Waals surface area contributed by atoms with E-state index in [4.69, 9.17) is 24.5 Å². The number of carbonyl (C=O) groups is 2. The summed E-state index contributed by atoms with van der Waals surface area (Å²) in [7, 11) is 1.78. The topological polar surface area (TPSA) is 108 Å². The highest BCUT2D eigenvalue weighted by Crippen LogP contribution is 2.17. The molecule has 0 radical (unpaired) electrons. The number of carboxylic acids is 2. The molecule has 0 unspecified atom stereocenters. The molecule has 1 saturated heterocycles. The first-order chi connectivity index (χ1) is 16.3. The van der Waals surface area contributed by atoms with Gasteiger partial charge in [0.25, 0.3) is 0 Å². The highest BCUT2D eigenvalue weighted by Gasteiger charge is 2.38. The number of nitrogens with zero attached hydrogens (tertiary/aromatic N) is 4. The number of halogens is 6. The normalized spacial score (nSPS) is 17.2. The van der Waals surface area contributed by atoms with Crippen LogP contribution >= 0.6 is 0 Å². The number of hydrogen-bond acceptors (Lipinski definition) is 6. The molecule has 0 saturated carbocycles. The number of fused-ring (bicyclic) bond motifs is 1. The van der Waals surface area contributed by atoms with Crippen LogP contribution in [0.5, 0.6) is 0 Å². The molecule has 1 aromatic rings. The number of imidazole rings is 1. The first kappa shape index (κ1) is 30.6. The van der Waals surface area contributed by atoms with Gasteiger partial charge in [-0.25, -0.2) is 14.6 Å². The molecular weight excluding hydrogens is 490 g/mol. The molecule has 35 heavy (non-hydrogen) atoms. The molecule has 2 aliphatic rings. The predicted octanol–water partition coefficient (Wildman–Crippen LogP) is 2.64. The molecule has 0 atom stereocenters. The second kappa shape index (κ2) is 14.2. The van der Waals surface area contributed by atoms with Crippen LogP contribution < -0.4 is 0 Å². The maximum atomic E-state index is 10.6. The molecule has 9 nitrogen and oxygen atoms in total. The van der Waals surface area contributed by atoms with E-state index in [1.165, 1.54) is 43.9 Å². The van der Waals surface area contributed by atoms with Gasteiger partial charge in [0.05, 0.1) is 12.3 Å². The van der Waals surface area contributed by atoms with Gasteiger partial charge in [0, 0.05) is 52.5 Å². The Morgan fingerprint density at radius 3 is 1.94 bits per heavy atom. The molecular formula is C20H30F6N4O5. The Kier molecular flexibility index (Phi) is 12.5. The van der Waals surface area contributed by atoms with E-state index in [0.29, 0.717) is 0 Å². The number of alkyl halides is 6. The summed E-state index contributed by atoms with van der Waals surface area (Å²) >= 11 is 0. The predicted molar refractivity (Wildman–Crippen MR) is 111 cm³/mol. The van der Waals surface area contributed by atoms with Crippen LogP contribution in [0.15, 0.2) is 6.20 Å². The zero-order valence-corrected chi connectivity index (χ0v) is 19.2. The van der Waals surface area contributed by atoms with Crippen molar-refractivity contribution in [1.82, 2.24) is 19.4 Å². The van der Waals surface area contributed by atoms with Gasteiger partial charge in [-0.3, -0.25) is 9.80 Å². The van der Waals surface area contributed by atoms with Crippen molar-refractivity contribution in [3.05, 3.63) is 17.7 Å². The van der Waals surface area contributed by atoms with Crippen molar-refractivity contribution in [3.8, 4) is 0 Å². The number of aliphatic carboxylic acids is 2. The Bertz CT molecular complexity index is 770. The Morgan fingerprint density at radius 2 is 1.46 bits per heavy atom. The molecule has 2 N–H and O–H groups in total. The van der Waals surface area contributed by atoms with Crippen molar-refractivity contribution in [2.75, 3.05) is 46.4 Å². The molecule has 0 bridgehead atoms. The third kappa shape index (κ3) is 11.7. The first-order valence-electron chi connectivity index (χ1n) is 10.8. The fourth-order valence-corrected chi connectivity index (χ4v) is 3.45. The zero-order valence-electron chi connectivity index (χ0n) is 19.2. The summed E-state index contributed by atoms with van der Waals surface area (Å²) in [5.74, 6) is -4.25. The van der Waals surface area contributed by atoms with E-state index in [1.807, 2.05) is 0 Å². The minimum absolute atomic E-state index is 0.822. The summed E-state index contributed by atoms with van der Waals surface area (Å²) in [5.41, 5.74) is 1.40. The Hall–Kier alpha value is -2.39. The minimum Gasteiger partial charge on any atom is -0.475 e. The van der Waals surface area contributed by atoms with E-state index in [0.717, 1.165) is 45.8 Å². The highest BCUT2D eigenvalue weighted by molar-refractivity contribution is 5.73. The van der Waals surface area contributed by atoms with E-state index >= 15 is 0 Å². The molecule has 1 fully saturated rings. The average Bonchev–Trinajstić information content (AvgIpc) is 3.02. The SMILES string of the molecule is COCCN1CCc2ncc(CN3CCCCC3)n2CC1.O=C(O)C(F)(F)F.O=C(O)C(F)(F)F. The molecule has 15 heteroatoms. The number of aromatic nitrogens is 2. The van der Waals surface area contributed by atoms with Gasteiger partial charge < -0.3 is 19.5 Å². The van der Waals surface area contributed by atoms with Gasteiger partial charge in [0.1, 0.15) is 5.82 Å². The van der Waals surface area contributed by atoms with Crippen molar-refractivity contribution in [2.24, 2.45) is 0 Å². The molecule has 0 amide bonds. The number of hydrogen-bond donors (Lipinski definition) is 2. The molecule has 0 spiro atoms. The highest BCUT2D eigenvalue weighted by atomic mass is 19.4. The van der Waals surface area contributed by atoms with Gasteiger partial charge in [0.15, 0.2) is 0 Å². The largest absolute Gasteiger partial charge is 0.490 e. The third-order valence-corrected chi connectivity index (χ3v) is 5.24. The van der Waals surface area contributed by atoms with Crippen LogP contribution in [-0.4, -0.2) is 100 Å². The number of likely N-dealkylation sites (tertiary alicyclic amines) is 1. The number of methoxy groups -OCH3 is 1. The van der Waals surface area contributed by atoms with Gasteiger partial charge in [0.2, 0.25) is 0 Å². The lowest BCUT2D eigenvalue weighted by Gasteiger charge is -2.26. The van der Waals surface area contributed by atoms with Gasteiger partial charge in [-0.2, -0.15) is 26.3 Å². The maximum absolute atomic E-state index is 10.6. The van der Waals surface area contributed by atoms with Crippen molar-refractivity contribution in [1.29, 1.82) is 0 Å². The first-order valence-corrected chi connectivity index (χ1v) is 10.8. The number of rotatable bonds is 5. The van der Waals surface area contributed by atoms with E-state index in [9.17, 15) is 26.3 Å². The van der Waals surface area contributed by atoms with Crippen LogP contribution in [0.1, 0.15) is 30.8 Å². The van der Waals surface area contributed by atoms with Crippen molar-refractivity contribution >= 4 is 11.9 Å². The summed E-state index contributed by atoms with van der Waals surface area (Å²) in [6.45, 7) is 8.71. The Morgan fingerprint density at radius 1 is 0.914 bits per heavy atom. The monoisotopic (exact) mass is 520 g/mol. The molecule has 1 aromatic heterocycles. The van der Waals surface area contributed by atoms with Gasteiger partial charge in [-0.1, -0.05) is 6.42 Å². The van der Waals surface area contributed by atoms with Gasteiger partial charge in [-0.15, -0.1) is 0 Å². The standard InChI is InChI=1S/C16H28N4O.2C2HF3O2/c1-21-12-11-18-8-5-16-17-13-15(20(16)10-9-18)14-19-6-3-2-4-7-19;2*3-2(4,5)1(6)7/h13H,2-12,14H2,1H3;2*(H,6,7). The lowest BCUT2D eigenvalue weighted by molar-refractivity contribution is -0.193. The van der Waals surface area contributed by atoms with Crippen LogP contribution in [0, 0.1) is 0 Å². The molecule has 202 valence electrons. The second-order valence-corrected chi connectivity index (χ2v) is 7.84. The van der Waals surface area contributed by atoms with Crippen molar-refractivity contribution in [3.63, 3.8) is 0 Å². The third-order valence-electron chi connectivity index (χ3n) is 5.24. The van der Waals surface area contributed by atoms with Crippen LogP contribution in [0.2, 0.25) is 0 Å². The molecule has 0 aliphatic carbocycles. The smallest absolute Gasteiger partial charge is 0.475 e. The van der Waals surface area contributed by atoms with E-state index in [2.05, 4.69) is 25.5 Å². The number of piperidine rings is 1. The quantitative estimate of drug-likeness (QED) is 0.571. The van der Waals surface area contributed by atoms with Gasteiger partial charge in [-0.05, 0) is 25.9 Å². The molecule has 2 aliphatic heterocycles. The summed E-state index contributed by atoms with van der Waals surface area (Å²) in [5, 5.41) is 14.2. The van der Waals surface area contributed by atoms with Crippen LogP contribution in [-0.2, 0) is 33.8 Å². The number of ether oxygens (including phenoxy) is 1. The lowest BCUT2D eigenvalue weighted by Crippen LogP contribution is -2.31. The fourth-order valence-electron chi connectivity index (χ4n) is 3.45. The molecule has 3 heterocycles. The molecule has 0 aromatic carbocycles. The minimum atomic E-state index is -5.08. The summed E-state index contributed by atoms with van der Waals surface area (Å²) in [6.07, 6.45) is -2.90. The zero-order chi connectivity index (χ0) is 26.6.